The molecule has 1 aliphatic carbocycles. The normalized spacial score (nSPS) is 17.4. The Kier molecular flexibility index (Phi) is 9.98. The van der Waals surface area contributed by atoms with Crippen LogP contribution in [0.15, 0.2) is 71.6 Å². The first-order valence-electron chi connectivity index (χ1n) is 14.7. The molecule has 0 unspecified atom stereocenters. The molecule has 0 saturated heterocycles. The molecule has 11 nitrogen and oxygen atoms in total. The molecule has 0 spiro atoms. The van der Waals surface area contributed by atoms with E-state index < -0.39 is 16.1 Å². The minimum atomic E-state index is -3.80. The molecule has 0 aliphatic heterocycles. The molecule has 1 atom stereocenters. The Balaban J connectivity index is 1.32. The number of carbonyl (C=O) groups excluding carboxylic acids is 2. The van der Waals surface area contributed by atoms with Gasteiger partial charge in [0.2, 0.25) is 27.1 Å². The second-order valence-corrected chi connectivity index (χ2v) is 13.4. The van der Waals surface area contributed by atoms with E-state index in [-0.39, 0.29) is 34.3 Å². The van der Waals surface area contributed by atoms with Gasteiger partial charge in [-0.15, -0.1) is 0 Å². The quantitative estimate of drug-likeness (QED) is 0.170. The second kappa shape index (κ2) is 13.9. The van der Waals surface area contributed by atoms with E-state index in [4.69, 9.17) is 22.5 Å². The van der Waals surface area contributed by atoms with Crippen molar-refractivity contribution in [2.45, 2.75) is 50.0 Å². The number of carbonyl (C=O) groups is 2. The number of nitrogens with one attached hydrogen (secondary N) is 3. The third-order valence-electron chi connectivity index (χ3n) is 8.28. The van der Waals surface area contributed by atoms with Crippen LogP contribution in [0.1, 0.15) is 36.8 Å². The highest BCUT2D eigenvalue weighted by molar-refractivity contribution is 7.89. The van der Waals surface area contributed by atoms with Crippen molar-refractivity contribution >= 4 is 39.1 Å². The van der Waals surface area contributed by atoms with E-state index >= 15 is 0 Å². The summed E-state index contributed by atoms with van der Waals surface area (Å²) in [7, 11) is -3.80. The van der Waals surface area contributed by atoms with Crippen LogP contribution < -0.4 is 21.5 Å². The number of sulfonamides is 1. The van der Waals surface area contributed by atoms with Crippen LogP contribution in [0.3, 0.4) is 0 Å². The van der Waals surface area contributed by atoms with Crippen molar-refractivity contribution in [1.29, 1.82) is 0 Å². The maximum atomic E-state index is 13.6. The number of aromatic amines is 1. The van der Waals surface area contributed by atoms with Crippen LogP contribution in [0.5, 0.6) is 0 Å². The summed E-state index contributed by atoms with van der Waals surface area (Å²) in [5.74, 6) is 0.227. The molecule has 1 aliphatic rings. The van der Waals surface area contributed by atoms with E-state index in [1.54, 1.807) is 36.4 Å². The molecule has 7 N–H and O–H groups in total. The number of nitrogens with two attached hydrogens (primary N) is 2. The van der Waals surface area contributed by atoms with E-state index in [0.29, 0.717) is 24.0 Å². The largest absolute Gasteiger partial charge is 0.344 e. The van der Waals surface area contributed by atoms with Gasteiger partial charge in [-0.2, -0.15) is 10.1 Å². The SMILES string of the molecule is Cc1cc(S(N)(=O)=O)ccc1-c1ccc(C[C@H](NC(=O)C2CCC(CN)CC2)C(=O)Nc2ccc(-c3n[nH]c(Cl)n3)cc2)cc1. The second-order valence-electron chi connectivity index (χ2n) is 11.5. The number of hydrogen-bond donors (Lipinski definition) is 5. The Morgan fingerprint density at radius 1 is 1.00 bits per heavy atom. The van der Waals surface area contributed by atoms with Gasteiger partial charge in [-0.1, -0.05) is 30.3 Å². The van der Waals surface area contributed by atoms with Crippen LogP contribution in [0.25, 0.3) is 22.5 Å². The van der Waals surface area contributed by atoms with E-state index in [1.165, 1.54) is 6.07 Å². The summed E-state index contributed by atoms with van der Waals surface area (Å²) in [6, 6.07) is 18.6. The minimum Gasteiger partial charge on any atom is -0.344 e. The number of rotatable bonds is 10. The number of anilines is 1. The number of hydrogen-bond acceptors (Lipinski definition) is 7. The zero-order valence-electron chi connectivity index (χ0n) is 24.8. The fraction of sp³-hybridized carbons (Fsp3) is 0.312. The number of nitrogens with zero attached hydrogens (tertiary/aromatic N) is 2. The van der Waals surface area contributed by atoms with Crippen molar-refractivity contribution in [2.75, 3.05) is 11.9 Å². The molecule has 1 fully saturated rings. The Bertz CT molecular complexity index is 1770. The minimum absolute atomic E-state index is 0.0540. The van der Waals surface area contributed by atoms with Gasteiger partial charge in [-0.3, -0.25) is 9.59 Å². The van der Waals surface area contributed by atoms with Crippen LogP contribution in [-0.2, 0) is 26.0 Å². The molecule has 5 rings (SSSR count). The molecular weight excluding hydrogens is 614 g/mol. The third kappa shape index (κ3) is 8.14. The van der Waals surface area contributed by atoms with E-state index in [1.807, 2.05) is 31.2 Å². The Morgan fingerprint density at radius 3 is 2.24 bits per heavy atom. The molecule has 13 heteroatoms. The van der Waals surface area contributed by atoms with Crippen LogP contribution in [-0.4, -0.2) is 48.0 Å². The Labute approximate surface area is 267 Å². The molecule has 1 heterocycles. The first-order chi connectivity index (χ1) is 21.5. The maximum absolute atomic E-state index is 13.6. The zero-order chi connectivity index (χ0) is 32.1. The summed E-state index contributed by atoms with van der Waals surface area (Å²) in [6.07, 6.45) is 3.55. The monoisotopic (exact) mass is 649 g/mol. The zero-order valence-corrected chi connectivity index (χ0v) is 26.4. The maximum Gasteiger partial charge on any atom is 0.247 e. The smallest absolute Gasteiger partial charge is 0.247 e. The summed E-state index contributed by atoms with van der Waals surface area (Å²) in [5.41, 5.74) is 10.5. The predicted octanol–water partition coefficient (Wildman–Crippen LogP) is 4.18. The van der Waals surface area contributed by atoms with Crippen molar-refractivity contribution in [2.24, 2.45) is 22.7 Å². The Hall–Kier alpha value is -4.10. The molecule has 2 amide bonds. The van der Waals surface area contributed by atoms with Crippen molar-refractivity contribution in [3.05, 3.63) is 83.1 Å². The third-order valence-corrected chi connectivity index (χ3v) is 9.36. The number of primary sulfonamides is 1. The lowest BCUT2D eigenvalue weighted by Gasteiger charge is -2.28. The van der Waals surface area contributed by atoms with Crippen molar-refractivity contribution < 1.29 is 18.0 Å². The van der Waals surface area contributed by atoms with Gasteiger partial charge in [-0.05, 0) is 115 Å². The molecule has 1 aromatic heterocycles. The molecule has 0 bridgehead atoms. The summed E-state index contributed by atoms with van der Waals surface area (Å²) in [4.78, 5) is 31.1. The van der Waals surface area contributed by atoms with Crippen molar-refractivity contribution in [3.8, 4) is 22.5 Å². The number of halogens is 1. The van der Waals surface area contributed by atoms with Gasteiger partial charge in [-0.25, -0.2) is 18.7 Å². The molecule has 4 aromatic rings. The Morgan fingerprint density at radius 2 is 1.67 bits per heavy atom. The van der Waals surface area contributed by atoms with Gasteiger partial charge in [0.15, 0.2) is 5.82 Å². The van der Waals surface area contributed by atoms with Crippen LogP contribution in [0, 0.1) is 18.8 Å². The van der Waals surface area contributed by atoms with E-state index in [9.17, 15) is 18.0 Å². The van der Waals surface area contributed by atoms with Crippen LogP contribution >= 0.6 is 11.6 Å². The molecule has 45 heavy (non-hydrogen) atoms. The number of aromatic nitrogens is 3. The number of H-pyrrole nitrogens is 1. The highest BCUT2D eigenvalue weighted by Gasteiger charge is 2.29. The first kappa shape index (κ1) is 32.3. The standard InChI is InChI=1S/C32H36ClN7O4S/c1-19-16-26(45(35,43)44)14-15-27(19)22-6-2-20(3-7-22)17-28(37-30(41)24-8-4-21(18-34)5-9-24)31(42)36-25-12-10-23(11-13-25)29-38-32(33)40-39-29/h2-3,6-7,10-16,21,24,28H,4-5,8-9,17-18,34H2,1H3,(H,36,42)(H,37,41)(H2,35,43,44)(H,38,39,40)/t21?,24?,28-/m0/s1. The van der Waals surface area contributed by atoms with Crippen molar-refractivity contribution in [3.63, 3.8) is 0 Å². The number of amides is 2. The average molecular weight is 650 g/mol. The van der Waals surface area contributed by atoms with Crippen molar-refractivity contribution in [1.82, 2.24) is 20.5 Å². The number of aryl methyl sites for hydroxylation is 1. The summed E-state index contributed by atoms with van der Waals surface area (Å²) in [5, 5.41) is 18.0. The van der Waals surface area contributed by atoms with E-state index in [2.05, 4.69) is 25.8 Å². The molecule has 3 aromatic carbocycles. The highest BCUT2D eigenvalue weighted by atomic mass is 35.5. The summed E-state index contributed by atoms with van der Waals surface area (Å²) >= 11 is 5.84. The fourth-order valence-corrected chi connectivity index (χ4v) is 6.38. The lowest BCUT2D eigenvalue weighted by Crippen LogP contribution is -2.48. The van der Waals surface area contributed by atoms with Gasteiger partial charge < -0.3 is 16.4 Å². The van der Waals surface area contributed by atoms with Gasteiger partial charge in [0.25, 0.3) is 0 Å². The molecule has 1 saturated carbocycles. The van der Waals surface area contributed by atoms with Gasteiger partial charge in [0, 0.05) is 23.6 Å². The van der Waals surface area contributed by atoms with Crippen LogP contribution in [0.4, 0.5) is 5.69 Å². The fourth-order valence-electron chi connectivity index (χ4n) is 5.66. The predicted molar refractivity (Wildman–Crippen MR) is 174 cm³/mol. The average Bonchev–Trinajstić information content (AvgIpc) is 3.47. The van der Waals surface area contributed by atoms with Crippen LogP contribution in [0.2, 0.25) is 5.28 Å². The van der Waals surface area contributed by atoms with Gasteiger partial charge in [0.1, 0.15) is 6.04 Å². The highest BCUT2D eigenvalue weighted by Crippen LogP contribution is 2.29. The molecule has 0 radical (unpaired) electrons. The first-order valence-corrected chi connectivity index (χ1v) is 16.6. The summed E-state index contributed by atoms with van der Waals surface area (Å²) < 4.78 is 23.5. The molecule has 236 valence electrons. The number of benzene rings is 3. The topological polar surface area (TPSA) is 186 Å². The van der Waals surface area contributed by atoms with E-state index in [0.717, 1.165) is 53.5 Å². The molecular formula is C32H36ClN7O4S. The van der Waals surface area contributed by atoms with Gasteiger partial charge in [0.05, 0.1) is 4.90 Å². The summed E-state index contributed by atoms with van der Waals surface area (Å²) in [6.45, 7) is 2.44. The lowest BCUT2D eigenvalue weighted by atomic mass is 9.81. The van der Waals surface area contributed by atoms with Gasteiger partial charge >= 0.3 is 0 Å². The lowest BCUT2D eigenvalue weighted by molar-refractivity contribution is -0.130.